The first kappa shape index (κ1) is 20.9. The van der Waals surface area contributed by atoms with Crippen LogP contribution in [0.2, 0.25) is 0 Å². The Kier molecular flexibility index (Phi) is 6.04. The van der Waals surface area contributed by atoms with Gasteiger partial charge in [-0.25, -0.2) is 0 Å². The molecule has 2 aliphatic heterocycles. The first-order valence-corrected chi connectivity index (χ1v) is 11.6. The smallest absolute Gasteiger partial charge is 0.126 e. The van der Waals surface area contributed by atoms with Crippen molar-refractivity contribution in [2.45, 2.75) is 31.6 Å². The summed E-state index contributed by atoms with van der Waals surface area (Å²) in [5.41, 5.74) is 4.88. The summed E-state index contributed by atoms with van der Waals surface area (Å²) in [7, 11) is 0. The van der Waals surface area contributed by atoms with Crippen LogP contribution < -0.4 is 9.47 Å². The molecule has 0 aromatic heterocycles. The van der Waals surface area contributed by atoms with Crippen LogP contribution in [-0.4, -0.2) is 42.9 Å². The molecular formula is C28H31NO3. The average molecular weight is 430 g/mol. The molecule has 0 bridgehead atoms. The van der Waals surface area contributed by atoms with Crippen LogP contribution >= 0.6 is 0 Å². The van der Waals surface area contributed by atoms with E-state index in [-0.39, 0.29) is 17.6 Å². The fraction of sp³-hybridized carbons (Fsp3) is 0.357. The zero-order valence-electron chi connectivity index (χ0n) is 18.7. The largest absolute Gasteiger partial charge is 0.508 e. The van der Waals surface area contributed by atoms with Crippen molar-refractivity contribution in [1.82, 2.24) is 4.90 Å². The summed E-state index contributed by atoms with van der Waals surface area (Å²) < 4.78 is 12.1. The normalized spacial score (nSPS) is 20.5. The number of hydrogen-bond donors (Lipinski definition) is 1. The number of ether oxygens (including phenoxy) is 2. The van der Waals surface area contributed by atoms with Gasteiger partial charge in [0, 0.05) is 30.0 Å². The van der Waals surface area contributed by atoms with E-state index in [2.05, 4.69) is 60.4 Å². The van der Waals surface area contributed by atoms with Crippen LogP contribution in [0.3, 0.4) is 0 Å². The van der Waals surface area contributed by atoms with Gasteiger partial charge < -0.3 is 14.6 Å². The second-order valence-corrected chi connectivity index (χ2v) is 9.00. The van der Waals surface area contributed by atoms with Crippen LogP contribution in [0.4, 0.5) is 0 Å². The van der Waals surface area contributed by atoms with Gasteiger partial charge in [-0.1, -0.05) is 48.0 Å². The molecule has 5 rings (SSSR count). The number of likely N-dealkylation sites (tertiary alicyclic amines) is 1. The van der Waals surface area contributed by atoms with Crippen LogP contribution in [0.15, 0.2) is 66.7 Å². The first-order valence-electron chi connectivity index (χ1n) is 11.6. The van der Waals surface area contributed by atoms with Gasteiger partial charge in [0.25, 0.3) is 0 Å². The van der Waals surface area contributed by atoms with Gasteiger partial charge in [0.2, 0.25) is 0 Å². The van der Waals surface area contributed by atoms with E-state index in [1.807, 2.05) is 6.07 Å². The predicted octanol–water partition coefficient (Wildman–Crippen LogP) is 5.48. The standard InChI is InChI=1S/C28H31NO3/c1-20-5-4-6-22(17-20)26-19-32-27-18-23(30)9-12-25(27)28(26)21-7-10-24(11-8-21)31-16-15-29-13-2-3-14-29/h4-12,17-18,26,28,30H,2-3,13-16,19H2,1H3/t26-,28-/m0/s1. The Labute approximate surface area is 190 Å². The highest BCUT2D eigenvalue weighted by Gasteiger charge is 2.33. The summed E-state index contributed by atoms with van der Waals surface area (Å²) >= 11 is 0. The second-order valence-electron chi connectivity index (χ2n) is 9.00. The number of phenols is 1. The van der Waals surface area contributed by atoms with E-state index in [1.165, 1.54) is 42.6 Å². The molecule has 0 radical (unpaired) electrons. The van der Waals surface area contributed by atoms with Crippen LogP contribution in [0.5, 0.6) is 17.2 Å². The highest BCUT2D eigenvalue weighted by atomic mass is 16.5. The molecule has 0 amide bonds. The number of aryl methyl sites for hydroxylation is 1. The summed E-state index contributed by atoms with van der Waals surface area (Å²) in [5, 5.41) is 9.96. The quantitative estimate of drug-likeness (QED) is 0.563. The molecule has 1 fully saturated rings. The third-order valence-corrected chi connectivity index (χ3v) is 6.74. The van der Waals surface area contributed by atoms with Crippen molar-refractivity contribution >= 4 is 0 Å². The van der Waals surface area contributed by atoms with Gasteiger partial charge in [0.15, 0.2) is 0 Å². The van der Waals surface area contributed by atoms with Gasteiger partial charge >= 0.3 is 0 Å². The summed E-state index contributed by atoms with van der Waals surface area (Å²) in [6, 6.07) is 22.7. The molecule has 4 heteroatoms. The van der Waals surface area contributed by atoms with Crippen LogP contribution in [-0.2, 0) is 0 Å². The van der Waals surface area contributed by atoms with Crippen molar-refractivity contribution in [3.63, 3.8) is 0 Å². The number of phenolic OH excluding ortho intramolecular Hbond substituents is 1. The molecule has 1 saturated heterocycles. The van der Waals surface area contributed by atoms with E-state index in [4.69, 9.17) is 9.47 Å². The molecule has 0 aliphatic carbocycles. The van der Waals surface area contributed by atoms with Gasteiger partial charge in [-0.05, 0) is 62.2 Å². The Balaban J connectivity index is 1.40. The van der Waals surface area contributed by atoms with Crippen molar-refractivity contribution in [3.8, 4) is 17.2 Å². The van der Waals surface area contributed by atoms with E-state index in [0.717, 1.165) is 30.2 Å². The zero-order chi connectivity index (χ0) is 21.9. The molecular weight excluding hydrogens is 398 g/mol. The fourth-order valence-corrected chi connectivity index (χ4v) is 5.07. The zero-order valence-corrected chi connectivity index (χ0v) is 18.7. The SMILES string of the molecule is Cc1cccc([C@@H]2COc3cc(O)ccc3[C@@H]2c2ccc(OCCN3CCCC3)cc2)c1. The van der Waals surface area contributed by atoms with Crippen molar-refractivity contribution in [2.24, 2.45) is 0 Å². The number of aromatic hydroxyl groups is 1. The summed E-state index contributed by atoms with van der Waals surface area (Å²) in [6.45, 7) is 6.82. The fourth-order valence-electron chi connectivity index (χ4n) is 5.07. The van der Waals surface area contributed by atoms with Gasteiger partial charge in [0.05, 0.1) is 6.61 Å². The average Bonchev–Trinajstić information content (AvgIpc) is 3.32. The first-order chi connectivity index (χ1) is 15.7. The minimum Gasteiger partial charge on any atom is -0.508 e. The highest BCUT2D eigenvalue weighted by Crippen LogP contribution is 2.47. The van der Waals surface area contributed by atoms with E-state index in [1.54, 1.807) is 12.1 Å². The van der Waals surface area contributed by atoms with Crippen molar-refractivity contribution in [3.05, 3.63) is 89.0 Å². The molecule has 4 nitrogen and oxygen atoms in total. The minimum atomic E-state index is 0.153. The summed E-state index contributed by atoms with van der Waals surface area (Å²) in [5.74, 6) is 2.27. The third-order valence-electron chi connectivity index (χ3n) is 6.74. The molecule has 0 unspecified atom stereocenters. The van der Waals surface area contributed by atoms with E-state index in [0.29, 0.717) is 6.61 Å². The van der Waals surface area contributed by atoms with Crippen molar-refractivity contribution in [1.29, 1.82) is 0 Å². The predicted molar refractivity (Wildman–Crippen MR) is 127 cm³/mol. The Morgan fingerprint density at radius 2 is 1.78 bits per heavy atom. The van der Waals surface area contributed by atoms with E-state index in [9.17, 15) is 5.11 Å². The maximum absolute atomic E-state index is 9.96. The molecule has 2 heterocycles. The lowest BCUT2D eigenvalue weighted by Crippen LogP contribution is -2.25. The van der Waals surface area contributed by atoms with E-state index < -0.39 is 0 Å². The Morgan fingerprint density at radius 3 is 2.56 bits per heavy atom. The molecule has 166 valence electrons. The minimum absolute atomic E-state index is 0.153. The van der Waals surface area contributed by atoms with Gasteiger partial charge in [-0.15, -0.1) is 0 Å². The molecule has 32 heavy (non-hydrogen) atoms. The number of hydrogen-bond acceptors (Lipinski definition) is 4. The molecule has 3 aromatic rings. The molecule has 3 aromatic carbocycles. The van der Waals surface area contributed by atoms with Crippen LogP contribution in [0, 0.1) is 6.92 Å². The van der Waals surface area contributed by atoms with Crippen molar-refractivity contribution in [2.75, 3.05) is 32.8 Å². The maximum Gasteiger partial charge on any atom is 0.126 e. The monoisotopic (exact) mass is 429 g/mol. The highest BCUT2D eigenvalue weighted by molar-refractivity contribution is 5.51. The van der Waals surface area contributed by atoms with Crippen LogP contribution in [0.25, 0.3) is 0 Å². The van der Waals surface area contributed by atoms with Gasteiger partial charge in [-0.2, -0.15) is 0 Å². The molecule has 0 spiro atoms. The maximum atomic E-state index is 9.96. The van der Waals surface area contributed by atoms with E-state index >= 15 is 0 Å². The number of benzene rings is 3. The topological polar surface area (TPSA) is 41.9 Å². The Morgan fingerprint density at radius 1 is 0.969 bits per heavy atom. The lowest BCUT2D eigenvalue weighted by molar-refractivity contribution is 0.237. The molecule has 2 atom stereocenters. The lowest BCUT2D eigenvalue weighted by atomic mass is 9.75. The van der Waals surface area contributed by atoms with Gasteiger partial charge in [-0.3, -0.25) is 4.90 Å². The Hall–Kier alpha value is -2.98. The summed E-state index contributed by atoms with van der Waals surface area (Å²) in [4.78, 5) is 2.47. The molecule has 0 saturated carbocycles. The third kappa shape index (κ3) is 4.46. The number of fused-ring (bicyclic) bond motifs is 1. The second kappa shape index (κ2) is 9.25. The molecule has 1 N–H and O–H groups in total. The Bertz CT molecular complexity index is 1060. The van der Waals surface area contributed by atoms with Gasteiger partial charge in [0.1, 0.15) is 23.9 Å². The van der Waals surface area contributed by atoms with Crippen LogP contribution in [0.1, 0.15) is 46.9 Å². The number of rotatable bonds is 6. The lowest BCUT2D eigenvalue weighted by Gasteiger charge is -2.34. The number of nitrogens with zero attached hydrogens (tertiary/aromatic N) is 1. The van der Waals surface area contributed by atoms with Crippen molar-refractivity contribution < 1.29 is 14.6 Å². The molecule has 2 aliphatic rings. The summed E-state index contributed by atoms with van der Waals surface area (Å²) in [6.07, 6.45) is 2.61.